The van der Waals surface area contributed by atoms with Gasteiger partial charge in [0.1, 0.15) is 12.2 Å². The molecule has 5 nitrogen and oxygen atoms in total. The normalized spacial score (nSPS) is 17.0. The van der Waals surface area contributed by atoms with Gasteiger partial charge in [0.05, 0.1) is 26.4 Å². The van der Waals surface area contributed by atoms with Crippen molar-refractivity contribution in [3.63, 3.8) is 0 Å². The van der Waals surface area contributed by atoms with Gasteiger partial charge in [-0.05, 0) is 37.0 Å². The van der Waals surface area contributed by atoms with Crippen LogP contribution < -0.4 is 14.2 Å². The van der Waals surface area contributed by atoms with Crippen molar-refractivity contribution in [3.05, 3.63) is 17.7 Å². The van der Waals surface area contributed by atoms with E-state index in [1.165, 1.54) is 0 Å². The highest BCUT2D eigenvalue weighted by molar-refractivity contribution is 5.54. The van der Waals surface area contributed by atoms with Crippen molar-refractivity contribution in [2.75, 3.05) is 26.4 Å². The fourth-order valence-electron chi connectivity index (χ4n) is 2.55. The predicted octanol–water partition coefficient (Wildman–Crippen LogP) is 4.66. The smallest absolute Gasteiger partial charge is 0.203 e. The van der Waals surface area contributed by atoms with E-state index < -0.39 is 6.10 Å². The first-order chi connectivity index (χ1) is 12.7. The predicted molar refractivity (Wildman–Crippen MR) is 102 cm³/mol. The second-order valence-electron chi connectivity index (χ2n) is 6.77. The van der Waals surface area contributed by atoms with Gasteiger partial charge in [-0.15, -0.1) is 0 Å². The summed E-state index contributed by atoms with van der Waals surface area (Å²) >= 11 is 0. The Kier molecular flexibility index (Phi) is 9.06. The van der Waals surface area contributed by atoms with Gasteiger partial charge in [-0.25, -0.2) is 0 Å². The van der Waals surface area contributed by atoms with Crippen molar-refractivity contribution in [2.24, 2.45) is 0 Å². The van der Waals surface area contributed by atoms with Crippen LogP contribution in [-0.4, -0.2) is 37.6 Å². The first-order valence-corrected chi connectivity index (χ1v) is 10.1. The molecule has 1 saturated heterocycles. The number of epoxide rings is 1. The van der Waals surface area contributed by atoms with E-state index in [1.54, 1.807) is 0 Å². The van der Waals surface area contributed by atoms with Gasteiger partial charge in [-0.1, -0.05) is 40.0 Å². The van der Waals surface area contributed by atoms with Crippen molar-refractivity contribution >= 4 is 0 Å². The molecule has 1 aliphatic rings. The Hall–Kier alpha value is -1.46. The van der Waals surface area contributed by atoms with Gasteiger partial charge >= 0.3 is 0 Å². The highest BCUT2D eigenvalue weighted by Gasteiger charge is 2.33. The zero-order valence-electron chi connectivity index (χ0n) is 16.5. The highest BCUT2D eigenvalue weighted by Crippen LogP contribution is 2.42. The minimum absolute atomic E-state index is 0.131. The molecular weight excluding hydrogens is 332 g/mol. The molecule has 1 aromatic rings. The number of unbranched alkanes of at least 4 members (excludes halogenated alkanes) is 3. The van der Waals surface area contributed by atoms with Gasteiger partial charge in [0.2, 0.25) is 5.75 Å². The maximum Gasteiger partial charge on any atom is 0.203 e. The molecule has 1 fully saturated rings. The zero-order valence-corrected chi connectivity index (χ0v) is 16.5. The fourth-order valence-corrected chi connectivity index (χ4v) is 2.55. The topological polar surface area (TPSA) is 60.5 Å². The van der Waals surface area contributed by atoms with E-state index in [4.69, 9.17) is 18.9 Å². The molecule has 0 unspecified atom stereocenters. The Labute approximate surface area is 157 Å². The van der Waals surface area contributed by atoms with Crippen LogP contribution in [-0.2, 0) is 4.74 Å². The lowest BCUT2D eigenvalue weighted by molar-refractivity contribution is 0.135. The molecule has 1 N–H and O–H groups in total. The van der Waals surface area contributed by atoms with Gasteiger partial charge in [-0.2, -0.15) is 0 Å². The van der Waals surface area contributed by atoms with Crippen LogP contribution in [0.5, 0.6) is 17.2 Å². The van der Waals surface area contributed by atoms with Crippen LogP contribution in [0.15, 0.2) is 12.1 Å². The Balaban J connectivity index is 2.26. The molecule has 0 aromatic heterocycles. The molecule has 0 saturated carbocycles. The zero-order chi connectivity index (χ0) is 18.8. The highest BCUT2D eigenvalue weighted by atomic mass is 16.6. The Morgan fingerprint density at radius 3 is 1.81 bits per heavy atom. The van der Waals surface area contributed by atoms with E-state index in [0.717, 1.165) is 44.1 Å². The summed E-state index contributed by atoms with van der Waals surface area (Å²) in [6.45, 7) is 8.85. The van der Waals surface area contributed by atoms with Gasteiger partial charge < -0.3 is 24.1 Å². The second kappa shape index (κ2) is 11.3. The molecule has 1 heterocycles. The number of rotatable bonds is 14. The first-order valence-electron chi connectivity index (χ1n) is 10.1. The van der Waals surface area contributed by atoms with Crippen molar-refractivity contribution in [1.29, 1.82) is 0 Å². The van der Waals surface area contributed by atoms with Crippen LogP contribution in [0.25, 0.3) is 0 Å². The third-order valence-electron chi connectivity index (χ3n) is 4.35. The number of ether oxygens (including phenoxy) is 4. The summed E-state index contributed by atoms with van der Waals surface area (Å²) in [4.78, 5) is 0. The molecule has 0 bridgehead atoms. The fraction of sp³-hybridized carbons (Fsp3) is 0.714. The molecule has 148 valence electrons. The summed E-state index contributed by atoms with van der Waals surface area (Å²) in [5, 5.41) is 10.5. The summed E-state index contributed by atoms with van der Waals surface area (Å²) in [6, 6.07) is 3.74. The molecule has 1 aliphatic heterocycles. The molecule has 0 radical (unpaired) electrons. The van der Waals surface area contributed by atoms with E-state index in [0.29, 0.717) is 43.7 Å². The maximum atomic E-state index is 10.5. The van der Waals surface area contributed by atoms with Crippen LogP contribution in [0.1, 0.15) is 71.0 Å². The number of aliphatic hydroxyl groups excluding tert-OH is 1. The third-order valence-corrected chi connectivity index (χ3v) is 4.35. The quantitative estimate of drug-likeness (QED) is 0.383. The van der Waals surface area contributed by atoms with Crippen LogP contribution in [0, 0.1) is 0 Å². The molecule has 1 aromatic carbocycles. The van der Waals surface area contributed by atoms with Crippen molar-refractivity contribution < 1.29 is 24.1 Å². The van der Waals surface area contributed by atoms with Gasteiger partial charge in [0, 0.05) is 0 Å². The van der Waals surface area contributed by atoms with Crippen LogP contribution in [0.2, 0.25) is 0 Å². The lowest BCUT2D eigenvalue weighted by Crippen LogP contribution is -2.10. The Morgan fingerprint density at radius 1 is 0.923 bits per heavy atom. The molecular formula is C21H34O5. The molecule has 0 amide bonds. The van der Waals surface area contributed by atoms with Gasteiger partial charge in [0.25, 0.3) is 0 Å². The lowest BCUT2D eigenvalue weighted by atomic mass is 10.1. The number of aliphatic hydroxyl groups is 1. The third kappa shape index (κ3) is 6.36. The van der Waals surface area contributed by atoms with E-state index in [2.05, 4.69) is 20.8 Å². The Morgan fingerprint density at radius 2 is 1.38 bits per heavy atom. The van der Waals surface area contributed by atoms with Crippen molar-refractivity contribution in [1.82, 2.24) is 0 Å². The average molecular weight is 366 g/mol. The molecule has 2 rings (SSSR count). The van der Waals surface area contributed by atoms with E-state index in [-0.39, 0.29) is 6.10 Å². The summed E-state index contributed by atoms with van der Waals surface area (Å²) in [5.74, 6) is 1.95. The summed E-state index contributed by atoms with van der Waals surface area (Å²) in [7, 11) is 0. The summed E-state index contributed by atoms with van der Waals surface area (Å²) in [5.41, 5.74) is 0.758. The van der Waals surface area contributed by atoms with E-state index >= 15 is 0 Å². The minimum Gasteiger partial charge on any atom is -0.490 e. The molecule has 5 heteroatoms. The number of hydrogen-bond donors (Lipinski definition) is 1. The van der Waals surface area contributed by atoms with E-state index in [9.17, 15) is 5.11 Å². The van der Waals surface area contributed by atoms with Crippen molar-refractivity contribution in [2.45, 2.75) is 71.5 Å². The monoisotopic (exact) mass is 366 g/mol. The Bertz CT molecular complexity index is 496. The maximum absolute atomic E-state index is 10.5. The molecule has 2 atom stereocenters. The second-order valence-corrected chi connectivity index (χ2v) is 6.77. The SMILES string of the molecule is CCCCOc1cc([C@@H](O)[C@H]2CO2)cc(OCCCC)c1OCCCC. The first kappa shape index (κ1) is 20.8. The summed E-state index contributed by atoms with van der Waals surface area (Å²) in [6.07, 6.45) is 5.30. The van der Waals surface area contributed by atoms with Crippen molar-refractivity contribution in [3.8, 4) is 17.2 Å². The van der Waals surface area contributed by atoms with Gasteiger partial charge in [-0.3, -0.25) is 0 Å². The molecule has 26 heavy (non-hydrogen) atoms. The standard InChI is InChI=1S/C21H34O5/c1-4-7-10-23-17-13-16(20(22)19-15-26-19)14-18(24-11-8-5-2)21(17)25-12-9-6-3/h13-14,19-20,22H,4-12,15H2,1-3H3/t19-,20-/m1/s1. The molecule has 0 spiro atoms. The average Bonchev–Trinajstić information content (AvgIpc) is 3.48. The van der Waals surface area contributed by atoms with Crippen LogP contribution in [0.4, 0.5) is 0 Å². The van der Waals surface area contributed by atoms with Crippen LogP contribution in [0.3, 0.4) is 0 Å². The minimum atomic E-state index is -0.665. The molecule has 0 aliphatic carbocycles. The lowest BCUT2D eigenvalue weighted by Gasteiger charge is -2.20. The summed E-state index contributed by atoms with van der Waals surface area (Å²) < 4.78 is 23.2. The number of benzene rings is 1. The van der Waals surface area contributed by atoms with E-state index in [1.807, 2.05) is 12.1 Å². The van der Waals surface area contributed by atoms with Crippen LogP contribution >= 0.6 is 0 Å². The van der Waals surface area contributed by atoms with Gasteiger partial charge in [0.15, 0.2) is 11.5 Å². The largest absolute Gasteiger partial charge is 0.490 e. The number of hydrogen-bond acceptors (Lipinski definition) is 5.